The second-order valence-electron chi connectivity index (χ2n) is 11.4. The van der Waals surface area contributed by atoms with Crippen LogP contribution in [0.15, 0.2) is 42.5 Å². The van der Waals surface area contributed by atoms with E-state index >= 15 is 0 Å². The van der Waals surface area contributed by atoms with Crippen molar-refractivity contribution in [1.29, 1.82) is 0 Å². The number of carbonyl (C=O) groups is 2. The first-order chi connectivity index (χ1) is 19.0. The van der Waals surface area contributed by atoms with Crippen LogP contribution in [-0.4, -0.2) is 70.9 Å². The van der Waals surface area contributed by atoms with Crippen LogP contribution in [0.1, 0.15) is 59.7 Å². The van der Waals surface area contributed by atoms with Crippen LogP contribution in [0.25, 0.3) is 0 Å². The molecular formula is C30H43N5O4S. The van der Waals surface area contributed by atoms with Crippen LogP contribution in [0.4, 0.5) is 5.69 Å². The van der Waals surface area contributed by atoms with E-state index in [1.807, 2.05) is 19.1 Å². The molecule has 218 valence electrons. The molecule has 1 fully saturated rings. The van der Waals surface area contributed by atoms with Crippen LogP contribution in [0.5, 0.6) is 0 Å². The molecule has 1 saturated carbocycles. The second kappa shape index (κ2) is 13.1. The number of nitrogens with zero attached hydrogens (tertiary/aromatic N) is 2. The molecule has 4 bridgehead atoms. The molecule has 9 nitrogen and oxygen atoms in total. The normalized spacial score (nSPS) is 18.9. The molecule has 2 amide bonds. The van der Waals surface area contributed by atoms with Crippen LogP contribution in [0.3, 0.4) is 0 Å². The van der Waals surface area contributed by atoms with Crippen LogP contribution >= 0.6 is 0 Å². The monoisotopic (exact) mass is 569 g/mol. The van der Waals surface area contributed by atoms with Gasteiger partial charge in [0, 0.05) is 45.8 Å². The third-order valence-electron chi connectivity index (χ3n) is 7.73. The van der Waals surface area contributed by atoms with Crippen molar-refractivity contribution in [3.63, 3.8) is 0 Å². The number of amides is 2. The first kappa shape index (κ1) is 30.0. The average molecular weight is 570 g/mol. The summed E-state index contributed by atoms with van der Waals surface area (Å²) in [4.78, 5) is 26.2. The quantitative estimate of drug-likeness (QED) is 0.430. The molecular weight excluding hydrogens is 526 g/mol. The summed E-state index contributed by atoms with van der Waals surface area (Å²) in [5, 5.41) is 9.48. The highest BCUT2D eigenvalue weighted by Gasteiger charge is 2.25. The minimum absolute atomic E-state index is 0.0383. The predicted molar refractivity (Wildman–Crippen MR) is 159 cm³/mol. The third-order valence-corrected chi connectivity index (χ3v) is 9.55. The van der Waals surface area contributed by atoms with Gasteiger partial charge in [-0.1, -0.05) is 24.3 Å². The molecule has 0 aromatic heterocycles. The fraction of sp³-hybridized carbons (Fsp3) is 0.533. The summed E-state index contributed by atoms with van der Waals surface area (Å²) in [5.41, 5.74) is 4.17. The highest BCUT2D eigenvalue weighted by atomic mass is 32.2. The summed E-state index contributed by atoms with van der Waals surface area (Å²) in [7, 11) is 0.763. The van der Waals surface area contributed by atoms with Gasteiger partial charge in [-0.15, -0.1) is 0 Å². The Morgan fingerprint density at radius 3 is 2.40 bits per heavy atom. The van der Waals surface area contributed by atoms with E-state index in [0.29, 0.717) is 36.7 Å². The van der Waals surface area contributed by atoms with E-state index in [1.54, 1.807) is 6.07 Å². The summed E-state index contributed by atoms with van der Waals surface area (Å²) in [5.74, 6) is 0.294. The second-order valence-corrected chi connectivity index (χ2v) is 13.5. The molecule has 0 spiro atoms. The molecule has 2 aliphatic rings. The number of carbonyl (C=O) groups excluding carboxylic acids is 2. The molecule has 2 aromatic rings. The van der Waals surface area contributed by atoms with Gasteiger partial charge in [-0.3, -0.25) is 13.9 Å². The average Bonchev–Trinajstić information content (AvgIpc) is 3.76. The molecule has 1 aliphatic heterocycles. The third kappa shape index (κ3) is 8.05. The Hall–Kier alpha value is -2.95. The zero-order valence-corrected chi connectivity index (χ0v) is 24.9. The summed E-state index contributed by atoms with van der Waals surface area (Å²) < 4.78 is 28.1. The molecule has 2 atom stereocenters. The van der Waals surface area contributed by atoms with Crippen molar-refractivity contribution < 1.29 is 18.0 Å². The van der Waals surface area contributed by atoms with Gasteiger partial charge < -0.3 is 16.0 Å². The van der Waals surface area contributed by atoms with Gasteiger partial charge in [0.15, 0.2) is 0 Å². The largest absolute Gasteiger partial charge is 0.354 e. The molecule has 0 radical (unpaired) electrons. The van der Waals surface area contributed by atoms with E-state index in [0.717, 1.165) is 41.1 Å². The number of benzene rings is 2. The molecule has 4 rings (SSSR count). The Kier molecular flexibility index (Phi) is 9.86. The van der Waals surface area contributed by atoms with Gasteiger partial charge in [0.25, 0.3) is 5.91 Å². The minimum atomic E-state index is -3.72. The summed E-state index contributed by atoms with van der Waals surface area (Å²) in [6.45, 7) is 2.97. The van der Waals surface area contributed by atoms with E-state index in [-0.39, 0.29) is 17.9 Å². The standard InChI is InChI=1S/C30H43N5O4S/c1-21(29(36)32-19-23-12-13-23)31-20-27-16-24-11-7-10-22(14-24)8-5-6-9-25-15-26(30(37)33-27)18-28(17-25)35(4)40(38,39)34(2)3/h7,10-11,14-15,17-18,21,23,27,31H,5-6,8-9,12-13,16,19-20H2,1-4H3,(H,32,36)(H,33,37)/t21-,27+/m0/s1. The Bertz CT molecular complexity index is 1310. The molecule has 1 aliphatic carbocycles. The molecule has 2 aromatic carbocycles. The van der Waals surface area contributed by atoms with Crippen molar-refractivity contribution in [1.82, 2.24) is 20.3 Å². The fourth-order valence-electron chi connectivity index (χ4n) is 4.94. The van der Waals surface area contributed by atoms with Crippen molar-refractivity contribution >= 4 is 27.7 Å². The Balaban J connectivity index is 1.57. The summed E-state index contributed by atoms with van der Waals surface area (Å²) in [6.07, 6.45) is 6.55. The maximum absolute atomic E-state index is 13.6. The van der Waals surface area contributed by atoms with E-state index in [2.05, 4.69) is 40.2 Å². The zero-order valence-electron chi connectivity index (χ0n) is 24.1. The lowest BCUT2D eigenvalue weighted by Crippen LogP contribution is -2.49. The van der Waals surface area contributed by atoms with Crippen molar-refractivity contribution in [2.24, 2.45) is 5.92 Å². The lowest BCUT2D eigenvalue weighted by Gasteiger charge is -2.25. The molecule has 3 N–H and O–H groups in total. The van der Waals surface area contributed by atoms with Gasteiger partial charge in [-0.25, -0.2) is 0 Å². The van der Waals surface area contributed by atoms with Crippen LogP contribution in [0.2, 0.25) is 0 Å². The maximum atomic E-state index is 13.6. The zero-order chi connectivity index (χ0) is 28.9. The first-order valence-electron chi connectivity index (χ1n) is 14.2. The highest BCUT2D eigenvalue weighted by Crippen LogP contribution is 2.27. The highest BCUT2D eigenvalue weighted by molar-refractivity contribution is 7.90. The molecule has 1 heterocycles. The Labute approximate surface area is 238 Å². The van der Waals surface area contributed by atoms with Crippen molar-refractivity contribution in [3.8, 4) is 0 Å². The van der Waals surface area contributed by atoms with Gasteiger partial charge in [-0.2, -0.15) is 12.7 Å². The fourth-order valence-corrected chi connectivity index (χ4v) is 5.80. The van der Waals surface area contributed by atoms with Gasteiger partial charge >= 0.3 is 10.2 Å². The van der Waals surface area contributed by atoms with Crippen molar-refractivity contribution in [2.75, 3.05) is 38.5 Å². The van der Waals surface area contributed by atoms with E-state index in [4.69, 9.17) is 0 Å². The smallest absolute Gasteiger partial charge is 0.303 e. The van der Waals surface area contributed by atoms with Crippen LogP contribution < -0.4 is 20.3 Å². The van der Waals surface area contributed by atoms with Gasteiger partial charge in [0.05, 0.1) is 11.7 Å². The van der Waals surface area contributed by atoms with E-state index < -0.39 is 16.3 Å². The lowest BCUT2D eigenvalue weighted by molar-refractivity contribution is -0.122. The molecule has 10 heteroatoms. The SMILES string of the molecule is C[C@H](NC[C@H]1Cc2cccc(c2)CCCCc2cc(cc(N(C)S(=O)(=O)N(C)C)c2)C(=O)N1)C(=O)NCC1CC1. The Morgan fingerprint density at radius 1 is 1.00 bits per heavy atom. The summed E-state index contributed by atoms with van der Waals surface area (Å²) in [6, 6.07) is 13.1. The number of hydrogen-bond donors (Lipinski definition) is 3. The number of anilines is 1. The molecule has 0 unspecified atom stereocenters. The predicted octanol–water partition coefficient (Wildman–Crippen LogP) is 2.65. The van der Waals surface area contributed by atoms with Gasteiger partial charge in [0.2, 0.25) is 5.91 Å². The lowest BCUT2D eigenvalue weighted by atomic mass is 9.97. The molecule has 0 saturated heterocycles. The number of aryl methyl sites for hydroxylation is 2. The maximum Gasteiger partial charge on any atom is 0.303 e. The van der Waals surface area contributed by atoms with Crippen molar-refractivity contribution in [3.05, 3.63) is 64.7 Å². The topological polar surface area (TPSA) is 111 Å². The van der Waals surface area contributed by atoms with Crippen molar-refractivity contribution in [2.45, 2.75) is 64.0 Å². The summed E-state index contributed by atoms with van der Waals surface area (Å²) >= 11 is 0. The number of hydrogen-bond acceptors (Lipinski definition) is 5. The van der Waals surface area contributed by atoms with Gasteiger partial charge in [-0.05, 0) is 92.7 Å². The minimum Gasteiger partial charge on any atom is -0.354 e. The number of rotatable bonds is 9. The molecule has 40 heavy (non-hydrogen) atoms. The van der Waals surface area contributed by atoms with Crippen LogP contribution in [0, 0.1) is 5.92 Å². The first-order valence-corrected chi connectivity index (χ1v) is 15.6. The number of nitrogens with one attached hydrogen (secondary N) is 3. The van der Waals surface area contributed by atoms with E-state index in [9.17, 15) is 18.0 Å². The van der Waals surface area contributed by atoms with E-state index in [1.165, 1.54) is 43.9 Å². The van der Waals surface area contributed by atoms with Gasteiger partial charge in [0.1, 0.15) is 0 Å². The number of fused-ring (bicyclic) bond motifs is 4. The Morgan fingerprint density at radius 2 is 1.70 bits per heavy atom. The van der Waals surface area contributed by atoms with Crippen LogP contribution in [-0.2, 0) is 34.3 Å².